The van der Waals surface area contributed by atoms with Crippen LogP contribution in [-0.4, -0.2) is 56.2 Å². The molecule has 0 N–H and O–H groups in total. The van der Waals surface area contributed by atoms with Gasteiger partial charge in [-0.15, -0.1) is 0 Å². The van der Waals surface area contributed by atoms with E-state index in [0.29, 0.717) is 0 Å². The van der Waals surface area contributed by atoms with Gasteiger partial charge in [-0.3, -0.25) is 0 Å². The third-order valence-corrected chi connectivity index (χ3v) is 6.00. The Labute approximate surface area is 186 Å². The SMILES string of the molecule is COc1ccccc1CCN1CCN(CCc2ccccc2Oc2ccccc2)CC1. The lowest BCUT2D eigenvalue weighted by atomic mass is 10.1. The Hall–Kier alpha value is -2.82. The van der Waals surface area contributed by atoms with Gasteiger partial charge in [0, 0.05) is 39.3 Å². The van der Waals surface area contributed by atoms with Crippen LogP contribution in [0.2, 0.25) is 0 Å². The molecule has 4 heteroatoms. The molecule has 0 spiro atoms. The lowest BCUT2D eigenvalue weighted by Gasteiger charge is -2.34. The van der Waals surface area contributed by atoms with Crippen molar-refractivity contribution in [2.24, 2.45) is 0 Å². The Morgan fingerprint density at radius 2 is 1.10 bits per heavy atom. The molecule has 3 aromatic rings. The average molecular weight is 417 g/mol. The molecule has 31 heavy (non-hydrogen) atoms. The maximum atomic E-state index is 6.12. The highest BCUT2D eigenvalue weighted by Gasteiger charge is 2.17. The molecule has 0 amide bonds. The minimum atomic E-state index is 0.888. The monoisotopic (exact) mass is 416 g/mol. The molecule has 1 aliphatic heterocycles. The fourth-order valence-electron chi connectivity index (χ4n) is 4.13. The fraction of sp³-hybridized carbons (Fsp3) is 0.333. The molecule has 0 aromatic heterocycles. The second-order valence-electron chi connectivity index (χ2n) is 8.02. The van der Waals surface area contributed by atoms with Crippen molar-refractivity contribution in [3.8, 4) is 17.2 Å². The predicted octanol–water partition coefficient (Wildman–Crippen LogP) is 4.89. The highest BCUT2D eigenvalue weighted by atomic mass is 16.5. The van der Waals surface area contributed by atoms with Crippen LogP contribution in [0.1, 0.15) is 11.1 Å². The summed E-state index contributed by atoms with van der Waals surface area (Å²) in [6.07, 6.45) is 2.04. The van der Waals surface area contributed by atoms with Gasteiger partial charge < -0.3 is 19.3 Å². The summed E-state index contributed by atoms with van der Waals surface area (Å²) in [7, 11) is 1.75. The second-order valence-corrected chi connectivity index (χ2v) is 8.02. The van der Waals surface area contributed by atoms with Crippen molar-refractivity contribution >= 4 is 0 Å². The normalized spacial score (nSPS) is 15.0. The first-order chi connectivity index (χ1) is 15.3. The van der Waals surface area contributed by atoms with Crippen molar-refractivity contribution < 1.29 is 9.47 Å². The zero-order valence-electron chi connectivity index (χ0n) is 18.4. The minimum Gasteiger partial charge on any atom is -0.496 e. The van der Waals surface area contributed by atoms with E-state index in [0.717, 1.165) is 69.4 Å². The van der Waals surface area contributed by atoms with Crippen molar-refractivity contribution in [1.82, 2.24) is 9.80 Å². The smallest absolute Gasteiger partial charge is 0.130 e. The average Bonchev–Trinajstić information content (AvgIpc) is 2.84. The van der Waals surface area contributed by atoms with Gasteiger partial charge in [0.2, 0.25) is 0 Å². The number of nitrogens with zero attached hydrogens (tertiary/aromatic N) is 2. The van der Waals surface area contributed by atoms with Crippen LogP contribution in [0.25, 0.3) is 0 Å². The topological polar surface area (TPSA) is 24.9 Å². The minimum absolute atomic E-state index is 0.888. The number of hydrogen-bond acceptors (Lipinski definition) is 4. The largest absolute Gasteiger partial charge is 0.496 e. The first kappa shape index (κ1) is 21.4. The molecule has 4 rings (SSSR count). The maximum absolute atomic E-state index is 6.12. The molecule has 1 heterocycles. The molecule has 1 saturated heterocycles. The van der Waals surface area contributed by atoms with Gasteiger partial charge in [-0.25, -0.2) is 0 Å². The zero-order chi connectivity index (χ0) is 21.3. The molecular weight excluding hydrogens is 384 g/mol. The van der Waals surface area contributed by atoms with Crippen molar-refractivity contribution in [2.45, 2.75) is 12.8 Å². The summed E-state index contributed by atoms with van der Waals surface area (Å²) in [6, 6.07) is 26.8. The van der Waals surface area contributed by atoms with E-state index < -0.39 is 0 Å². The molecule has 0 atom stereocenters. The van der Waals surface area contributed by atoms with Gasteiger partial charge in [0.05, 0.1) is 7.11 Å². The maximum Gasteiger partial charge on any atom is 0.130 e. The number of ether oxygens (including phenoxy) is 2. The van der Waals surface area contributed by atoms with Crippen LogP contribution in [0.4, 0.5) is 0 Å². The molecule has 1 aliphatic rings. The Morgan fingerprint density at radius 3 is 1.68 bits per heavy atom. The van der Waals surface area contributed by atoms with Crippen molar-refractivity contribution in [2.75, 3.05) is 46.4 Å². The Kier molecular flexibility index (Phi) is 7.59. The highest BCUT2D eigenvalue weighted by molar-refractivity contribution is 5.38. The van der Waals surface area contributed by atoms with E-state index >= 15 is 0 Å². The first-order valence-corrected chi connectivity index (χ1v) is 11.2. The van der Waals surface area contributed by atoms with E-state index in [1.54, 1.807) is 7.11 Å². The summed E-state index contributed by atoms with van der Waals surface area (Å²) in [6.45, 7) is 6.63. The van der Waals surface area contributed by atoms with E-state index in [2.05, 4.69) is 40.1 Å². The molecule has 4 nitrogen and oxygen atoms in total. The number of rotatable bonds is 9. The third kappa shape index (κ3) is 6.09. The molecule has 0 radical (unpaired) electrons. The molecule has 162 valence electrons. The molecule has 0 unspecified atom stereocenters. The summed E-state index contributed by atoms with van der Waals surface area (Å²) in [5.74, 6) is 2.85. The van der Waals surface area contributed by atoms with Crippen LogP contribution >= 0.6 is 0 Å². The second kappa shape index (κ2) is 11.0. The molecule has 3 aromatic carbocycles. The molecule has 1 fully saturated rings. The van der Waals surface area contributed by atoms with Gasteiger partial charge in [0.15, 0.2) is 0 Å². The van der Waals surface area contributed by atoms with Crippen molar-refractivity contribution in [1.29, 1.82) is 0 Å². The van der Waals surface area contributed by atoms with Crippen molar-refractivity contribution in [3.05, 3.63) is 90.0 Å². The first-order valence-electron chi connectivity index (χ1n) is 11.2. The van der Waals surface area contributed by atoms with Crippen LogP contribution in [-0.2, 0) is 12.8 Å². The molecule has 0 aliphatic carbocycles. The third-order valence-electron chi connectivity index (χ3n) is 6.00. The fourth-order valence-corrected chi connectivity index (χ4v) is 4.13. The van der Waals surface area contributed by atoms with E-state index in [-0.39, 0.29) is 0 Å². The van der Waals surface area contributed by atoms with Crippen LogP contribution in [0.5, 0.6) is 17.2 Å². The van der Waals surface area contributed by atoms with Gasteiger partial charge in [0.1, 0.15) is 17.2 Å². The van der Waals surface area contributed by atoms with Crippen LogP contribution in [0.15, 0.2) is 78.9 Å². The lowest BCUT2D eigenvalue weighted by molar-refractivity contribution is 0.134. The predicted molar refractivity (Wildman–Crippen MR) is 126 cm³/mol. The Bertz CT molecular complexity index is 937. The van der Waals surface area contributed by atoms with E-state index in [9.17, 15) is 0 Å². The number of piperazine rings is 1. The van der Waals surface area contributed by atoms with Crippen LogP contribution in [0, 0.1) is 0 Å². The summed E-state index contributed by atoms with van der Waals surface area (Å²) in [4.78, 5) is 5.13. The highest BCUT2D eigenvalue weighted by Crippen LogP contribution is 2.25. The quantitative estimate of drug-likeness (QED) is 0.496. The van der Waals surface area contributed by atoms with Gasteiger partial charge in [0.25, 0.3) is 0 Å². The standard InChI is InChI=1S/C27H32N2O2/c1-30-26-13-7-5-9-23(26)15-17-28-19-21-29(22-20-28)18-16-24-10-6-8-14-27(24)31-25-11-3-2-4-12-25/h2-14H,15-22H2,1H3. The van der Waals surface area contributed by atoms with Gasteiger partial charge in [-0.1, -0.05) is 54.6 Å². The summed E-state index contributed by atoms with van der Waals surface area (Å²) < 4.78 is 11.6. The van der Waals surface area contributed by atoms with E-state index in [4.69, 9.17) is 9.47 Å². The van der Waals surface area contributed by atoms with Crippen molar-refractivity contribution in [3.63, 3.8) is 0 Å². The number of benzene rings is 3. The lowest BCUT2D eigenvalue weighted by Crippen LogP contribution is -2.47. The molecular formula is C27H32N2O2. The molecule has 0 saturated carbocycles. The van der Waals surface area contributed by atoms with Crippen LogP contribution < -0.4 is 9.47 Å². The van der Waals surface area contributed by atoms with Gasteiger partial charge in [-0.2, -0.15) is 0 Å². The van der Waals surface area contributed by atoms with E-state index in [1.807, 2.05) is 48.5 Å². The van der Waals surface area contributed by atoms with Crippen LogP contribution in [0.3, 0.4) is 0 Å². The van der Waals surface area contributed by atoms with Gasteiger partial charge >= 0.3 is 0 Å². The van der Waals surface area contributed by atoms with Gasteiger partial charge in [-0.05, 0) is 48.2 Å². The Morgan fingerprint density at radius 1 is 0.613 bits per heavy atom. The molecule has 0 bridgehead atoms. The van der Waals surface area contributed by atoms with E-state index in [1.165, 1.54) is 11.1 Å². The summed E-state index contributed by atoms with van der Waals surface area (Å²) in [5.41, 5.74) is 2.56. The summed E-state index contributed by atoms with van der Waals surface area (Å²) in [5, 5.41) is 0. The number of hydrogen-bond donors (Lipinski definition) is 0. The summed E-state index contributed by atoms with van der Waals surface area (Å²) >= 11 is 0. The zero-order valence-corrected chi connectivity index (χ0v) is 18.4. The Balaban J connectivity index is 1.24. The number of para-hydroxylation sites is 3. The number of methoxy groups -OCH3 is 1.